The first-order chi connectivity index (χ1) is 11.2. The van der Waals surface area contributed by atoms with Crippen molar-refractivity contribution in [3.8, 4) is 0 Å². The summed E-state index contributed by atoms with van der Waals surface area (Å²) in [5, 5.41) is 23.0. The Balaban J connectivity index is 0.000000341. The molecular formula is C16H26ClNO5S. The monoisotopic (exact) mass is 379 g/mol. The highest BCUT2D eigenvalue weighted by Crippen LogP contribution is 2.25. The fourth-order valence-electron chi connectivity index (χ4n) is 2.41. The number of aryl methyl sites for hydroxylation is 1. The van der Waals surface area contributed by atoms with Crippen molar-refractivity contribution in [1.29, 1.82) is 0 Å². The highest BCUT2D eigenvalue weighted by Gasteiger charge is 2.26. The van der Waals surface area contributed by atoms with Crippen molar-refractivity contribution in [3.63, 3.8) is 0 Å². The second kappa shape index (κ2) is 10.3. The van der Waals surface area contributed by atoms with E-state index in [1.54, 1.807) is 0 Å². The molecule has 8 heteroatoms. The average Bonchev–Trinajstić information content (AvgIpc) is 2.88. The van der Waals surface area contributed by atoms with Gasteiger partial charge in [0, 0.05) is 17.9 Å². The van der Waals surface area contributed by atoms with Gasteiger partial charge in [-0.2, -0.15) is 8.42 Å². The first-order valence-electron chi connectivity index (χ1n) is 8.05. The van der Waals surface area contributed by atoms with Gasteiger partial charge in [-0.15, -0.1) is 0 Å². The van der Waals surface area contributed by atoms with Crippen molar-refractivity contribution in [1.82, 2.24) is 0 Å². The van der Waals surface area contributed by atoms with E-state index in [1.807, 2.05) is 24.3 Å². The van der Waals surface area contributed by atoms with E-state index in [-0.39, 0.29) is 6.61 Å². The average molecular weight is 380 g/mol. The molecule has 0 bridgehead atoms. The van der Waals surface area contributed by atoms with Crippen molar-refractivity contribution in [2.45, 2.75) is 57.2 Å². The molecule has 4 N–H and O–H groups in total. The van der Waals surface area contributed by atoms with Crippen LogP contribution in [0.2, 0.25) is 5.02 Å². The summed E-state index contributed by atoms with van der Waals surface area (Å²) < 4.78 is 25.4. The topological polar surface area (TPSA) is 110 Å². The Morgan fingerprint density at radius 1 is 1.12 bits per heavy atom. The first kappa shape index (κ1) is 21.3. The lowest BCUT2D eigenvalue weighted by Crippen LogP contribution is -2.21. The van der Waals surface area contributed by atoms with Crippen LogP contribution >= 0.6 is 11.6 Å². The highest BCUT2D eigenvalue weighted by molar-refractivity contribution is 7.84. The Labute approximate surface area is 148 Å². The normalized spacial score (nSPS) is 16.5. The minimum atomic E-state index is -3.79. The molecule has 1 saturated carbocycles. The zero-order chi connectivity index (χ0) is 18.1. The second-order valence-corrected chi connectivity index (χ2v) is 7.53. The Kier molecular flexibility index (Phi) is 9.18. The Morgan fingerprint density at radius 2 is 1.75 bits per heavy atom. The predicted molar refractivity (Wildman–Crippen MR) is 93.7 cm³/mol. The summed E-state index contributed by atoms with van der Waals surface area (Å²) >= 11 is 6.00. The van der Waals surface area contributed by atoms with Gasteiger partial charge < -0.3 is 10.2 Å². The molecule has 1 aromatic carbocycles. The maximum Gasteiger partial charge on any atom is 0.333 e. The SMILES string of the molecule is NS(=O)(=O)OCCCCCc1ccccc1Cl.OC1(O)CCCC1. The van der Waals surface area contributed by atoms with Gasteiger partial charge >= 0.3 is 10.3 Å². The Morgan fingerprint density at radius 3 is 2.25 bits per heavy atom. The molecule has 0 atom stereocenters. The molecule has 6 nitrogen and oxygen atoms in total. The number of nitrogens with two attached hydrogens (primary N) is 1. The van der Waals surface area contributed by atoms with Gasteiger partial charge in [-0.3, -0.25) is 4.18 Å². The third kappa shape index (κ3) is 10.2. The van der Waals surface area contributed by atoms with Gasteiger partial charge in [-0.05, 0) is 43.7 Å². The van der Waals surface area contributed by atoms with Gasteiger partial charge in [0.2, 0.25) is 0 Å². The van der Waals surface area contributed by atoms with E-state index in [0.29, 0.717) is 19.3 Å². The molecular weight excluding hydrogens is 354 g/mol. The Bertz CT molecular complexity index is 584. The first-order valence-corrected chi connectivity index (χ1v) is 9.90. The van der Waals surface area contributed by atoms with Crippen LogP contribution in [-0.4, -0.2) is 31.0 Å². The van der Waals surface area contributed by atoms with Crippen molar-refractivity contribution < 1.29 is 22.8 Å². The lowest BCUT2D eigenvalue weighted by atomic mass is 10.1. The molecule has 0 aliphatic heterocycles. The summed E-state index contributed by atoms with van der Waals surface area (Å²) in [6.07, 6.45) is 6.42. The summed E-state index contributed by atoms with van der Waals surface area (Å²) in [5.74, 6) is -1.31. The van der Waals surface area contributed by atoms with Crippen LogP contribution in [0.25, 0.3) is 0 Å². The number of aliphatic hydroxyl groups is 2. The fourth-order valence-corrected chi connectivity index (χ4v) is 2.99. The summed E-state index contributed by atoms with van der Waals surface area (Å²) in [7, 11) is -3.79. The van der Waals surface area contributed by atoms with Gasteiger partial charge in [0.05, 0.1) is 6.61 Å². The van der Waals surface area contributed by atoms with E-state index in [4.69, 9.17) is 27.0 Å². The third-order valence-electron chi connectivity index (χ3n) is 3.70. The third-order valence-corrected chi connectivity index (χ3v) is 4.56. The van der Waals surface area contributed by atoms with E-state index in [0.717, 1.165) is 42.7 Å². The van der Waals surface area contributed by atoms with Crippen molar-refractivity contribution in [2.24, 2.45) is 5.14 Å². The van der Waals surface area contributed by atoms with Crippen LogP contribution in [0.1, 0.15) is 50.5 Å². The fraction of sp³-hybridized carbons (Fsp3) is 0.625. The smallest absolute Gasteiger partial charge is 0.333 e. The van der Waals surface area contributed by atoms with E-state index in [2.05, 4.69) is 4.18 Å². The standard InChI is InChI=1S/C11H16ClNO3S.C5H10O2/c12-11-8-4-3-7-10(11)6-2-1-5-9-16-17(13,14)15;6-5(7)3-1-2-4-5/h3-4,7-8H,1-2,5-6,9H2,(H2,13,14,15);6-7H,1-4H2. The quantitative estimate of drug-likeness (QED) is 0.498. The predicted octanol–water partition coefficient (Wildman–Crippen LogP) is 2.51. The van der Waals surface area contributed by atoms with Gasteiger partial charge in [-0.1, -0.05) is 36.2 Å². The van der Waals surface area contributed by atoms with Crippen molar-refractivity contribution in [2.75, 3.05) is 6.61 Å². The number of hydrogen-bond acceptors (Lipinski definition) is 5. The summed E-state index contributed by atoms with van der Waals surface area (Å²) in [6, 6.07) is 7.70. The minimum Gasteiger partial charge on any atom is -0.366 e. The van der Waals surface area contributed by atoms with E-state index in [1.165, 1.54) is 0 Å². The zero-order valence-corrected chi connectivity index (χ0v) is 15.2. The molecule has 2 rings (SSSR count). The van der Waals surface area contributed by atoms with Crippen molar-refractivity contribution >= 4 is 21.9 Å². The minimum absolute atomic E-state index is 0.140. The number of hydrogen-bond donors (Lipinski definition) is 3. The van der Waals surface area contributed by atoms with Gasteiger partial charge in [0.1, 0.15) is 0 Å². The molecule has 138 valence electrons. The maximum atomic E-state index is 10.5. The summed E-state index contributed by atoms with van der Waals surface area (Å²) in [4.78, 5) is 0. The molecule has 0 spiro atoms. The van der Waals surface area contributed by atoms with E-state index in [9.17, 15) is 8.42 Å². The molecule has 24 heavy (non-hydrogen) atoms. The van der Waals surface area contributed by atoms with Crippen LogP contribution < -0.4 is 5.14 Å². The molecule has 0 unspecified atom stereocenters. The molecule has 1 aliphatic carbocycles. The Hall–Kier alpha value is -0.700. The van der Waals surface area contributed by atoms with Crippen LogP contribution in [0.15, 0.2) is 24.3 Å². The number of benzene rings is 1. The van der Waals surface area contributed by atoms with E-state index < -0.39 is 16.1 Å². The zero-order valence-electron chi connectivity index (χ0n) is 13.7. The molecule has 0 heterocycles. The summed E-state index contributed by atoms with van der Waals surface area (Å²) in [6.45, 7) is 0.140. The van der Waals surface area contributed by atoms with Gasteiger partial charge in [-0.25, -0.2) is 5.14 Å². The van der Waals surface area contributed by atoms with Gasteiger partial charge in [0.15, 0.2) is 5.79 Å². The molecule has 1 aromatic rings. The maximum absolute atomic E-state index is 10.5. The molecule has 0 aromatic heterocycles. The molecule has 1 aliphatic rings. The number of rotatable bonds is 7. The van der Waals surface area contributed by atoms with Gasteiger partial charge in [0.25, 0.3) is 0 Å². The van der Waals surface area contributed by atoms with Crippen LogP contribution in [-0.2, 0) is 20.9 Å². The molecule has 0 radical (unpaired) electrons. The van der Waals surface area contributed by atoms with E-state index >= 15 is 0 Å². The lowest BCUT2D eigenvalue weighted by Gasteiger charge is -2.11. The summed E-state index contributed by atoms with van der Waals surface area (Å²) in [5.41, 5.74) is 1.11. The molecule has 0 saturated heterocycles. The molecule has 0 amide bonds. The molecule has 1 fully saturated rings. The van der Waals surface area contributed by atoms with Crippen LogP contribution in [0, 0.1) is 0 Å². The number of unbranched alkanes of at least 4 members (excludes halogenated alkanes) is 2. The van der Waals surface area contributed by atoms with Crippen LogP contribution in [0.3, 0.4) is 0 Å². The van der Waals surface area contributed by atoms with Crippen LogP contribution in [0.4, 0.5) is 0 Å². The largest absolute Gasteiger partial charge is 0.366 e. The lowest BCUT2D eigenvalue weighted by molar-refractivity contribution is -0.152. The van der Waals surface area contributed by atoms with Crippen molar-refractivity contribution in [3.05, 3.63) is 34.9 Å². The van der Waals surface area contributed by atoms with Crippen LogP contribution in [0.5, 0.6) is 0 Å². The second-order valence-electron chi connectivity index (χ2n) is 5.91. The number of halogens is 1. The highest BCUT2D eigenvalue weighted by atomic mass is 35.5.